The highest BCUT2D eigenvalue weighted by Gasteiger charge is 2.26. The molecule has 0 heterocycles. The molecule has 0 saturated heterocycles. The number of nitrogens with one attached hydrogen (secondary N) is 1. The van der Waals surface area contributed by atoms with Gasteiger partial charge in [0, 0.05) is 35.7 Å². The van der Waals surface area contributed by atoms with E-state index in [4.69, 9.17) is 0 Å². The van der Waals surface area contributed by atoms with Gasteiger partial charge >= 0.3 is 0 Å². The number of nitro groups is 1. The van der Waals surface area contributed by atoms with Gasteiger partial charge in [-0.1, -0.05) is 34.1 Å². The molecule has 0 radical (unpaired) electrons. The van der Waals surface area contributed by atoms with Gasteiger partial charge in [-0.2, -0.15) is 0 Å². The third-order valence-electron chi connectivity index (χ3n) is 4.09. The van der Waals surface area contributed by atoms with Gasteiger partial charge in [0.25, 0.3) is 11.6 Å². The molecule has 0 unspecified atom stereocenters. The number of amides is 1. The van der Waals surface area contributed by atoms with Gasteiger partial charge in [0.15, 0.2) is 0 Å². The first-order valence-electron chi connectivity index (χ1n) is 7.99. The van der Waals surface area contributed by atoms with Crippen LogP contribution in [0.1, 0.15) is 28.8 Å². The van der Waals surface area contributed by atoms with E-state index >= 15 is 0 Å². The maximum Gasteiger partial charge on any atom is 0.293 e. The summed E-state index contributed by atoms with van der Waals surface area (Å²) in [7, 11) is 1.68. The molecule has 0 aliphatic heterocycles. The molecule has 6 nitrogen and oxygen atoms in total. The van der Waals surface area contributed by atoms with Crippen molar-refractivity contribution >= 4 is 33.2 Å². The normalized spacial score (nSPS) is 13.4. The van der Waals surface area contributed by atoms with E-state index in [2.05, 4.69) is 21.2 Å². The predicted octanol–water partition coefficient (Wildman–Crippen LogP) is 4.20. The summed E-state index contributed by atoms with van der Waals surface area (Å²) in [5, 5.41) is 14.5. The molecule has 1 amide bonds. The molecular formula is C18H18BrN3O3. The quantitative estimate of drug-likeness (QED) is 0.578. The van der Waals surface area contributed by atoms with E-state index in [1.807, 2.05) is 24.3 Å². The second-order valence-corrected chi connectivity index (χ2v) is 7.01. The lowest BCUT2D eigenvalue weighted by molar-refractivity contribution is -0.384. The summed E-state index contributed by atoms with van der Waals surface area (Å²) in [6, 6.07) is 12.6. The summed E-state index contributed by atoms with van der Waals surface area (Å²) in [4.78, 5) is 25.1. The number of halogens is 1. The van der Waals surface area contributed by atoms with Crippen molar-refractivity contribution in [2.24, 2.45) is 0 Å². The van der Waals surface area contributed by atoms with Crippen LogP contribution in [0.3, 0.4) is 0 Å². The zero-order valence-corrected chi connectivity index (χ0v) is 15.3. The molecule has 0 bridgehead atoms. The Labute approximate surface area is 154 Å². The molecule has 2 aromatic rings. The Bertz CT molecular complexity index is 821. The maximum absolute atomic E-state index is 12.6. The van der Waals surface area contributed by atoms with Crippen molar-refractivity contribution in [2.75, 3.05) is 12.4 Å². The van der Waals surface area contributed by atoms with E-state index in [9.17, 15) is 14.9 Å². The fourth-order valence-electron chi connectivity index (χ4n) is 2.56. The molecule has 7 heteroatoms. The first-order valence-corrected chi connectivity index (χ1v) is 8.79. The number of carbonyl (C=O) groups is 1. The van der Waals surface area contributed by atoms with Crippen LogP contribution in [0, 0.1) is 10.1 Å². The number of rotatable bonds is 6. The zero-order valence-electron chi connectivity index (χ0n) is 13.7. The summed E-state index contributed by atoms with van der Waals surface area (Å²) in [6.07, 6.45) is 2.04. The SMILES string of the molecule is CN(Cc1ccccc1Br)C(=O)c1ccc(NC2CC2)c([N+](=O)[O-])c1. The summed E-state index contributed by atoms with van der Waals surface area (Å²) >= 11 is 3.46. The van der Waals surface area contributed by atoms with Gasteiger partial charge in [0.2, 0.25) is 0 Å². The highest BCUT2D eigenvalue weighted by atomic mass is 79.9. The Hall–Kier alpha value is -2.41. The predicted molar refractivity (Wildman–Crippen MR) is 99.7 cm³/mol. The molecule has 1 saturated carbocycles. The minimum atomic E-state index is -0.449. The molecule has 1 N–H and O–H groups in total. The third-order valence-corrected chi connectivity index (χ3v) is 4.86. The molecule has 1 fully saturated rings. The fourth-order valence-corrected chi connectivity index (χ4v) is 2.97. The van der Waals surface area contributed by atoms with Crippen molar-refractivity contribution in [2.45, 2.75) is 25.4 Å². The van der Waals surface area contributed by atoms with E-state index in [0.717, 1.165) is 22.9 Å². The topological polar surface area (TPSA) is 75.5 Å². The Balaban J connectivity index is 1.80. The maximum atomic E-state index is 12.6. The van der Waals surface area contributed by atoms with Crippen LogP contribution >= 0.6 is 15.9 Å². The van der Waals surface area contributed by atoms with Gasteiger partial charge in [0.1, 0.15) is 5.69 Å². The van der Waals surface area contributed by atoms with Crippen LogP contribution in [0.4, 0.5) is 11.4 Å². The van der Waals surface area contributed by atoms with Crippen molar-refractivity contribution < 1.29 is 9.72 Å². The number of nitrogens with zero attached hydrogens (tertiary/aromatic N) is 2. The first kappa shape index (κ1) is 17.4. The molecular weight excluding hydrogens is 386 g/mol. The number of anilines is 1. The average molecular weight is 404 g/mol. The van der Waals surface area contributed by atoms with Crippen LogP contribution in [-0.4, -0.2) is 28.8 Å². The lowest BCUT2D eigenvalue weighted by atomic mass is 10.1. The molecule has 0 atom stereocenters. The highest BCUT2D eigenvalue weighted by molar-refractivity contribution is 9.10. The molecule has 3 rings (SSSR count). The number of nitro benzene ring substituents is 1. The smallest absolute Gasteiger partial charge is 0.293 e. The van der Waals surface area contributed by atoms with Crippen molar-refractivity contribution in [3.8, 4) is 0 Å². The van der Waals surface area contributed by atoms with Gasteiger partial charge in [-0.15, -0.1) is 0 Å². The second kappa shape index (κ2) is 7.23. The molecule has 2 aromatic carbocycles. The average Bonchev–Trinajstić information content (AvgIpc) is 3.40. The first-order chi connectivity index (χ1) is 12.0. The molecule has 1 aliphatic carbocycles. The Morgan fingerprint density at radius 1 is 1.32 bits per heavy atom. The minimum Gasteiger partial charge on any atom is -0.377 e. The summed E-state index contributed by atoms with van der Waals surface area (Å²) in [5.74, 6) is -0.253. The Kier molecular flexibility index (Phi) is 5.03. The van der Waals surface area contributed by atoms with Crippen molar-refractivity contribution in [1.82, 2.24) is 4.90 Å². The minimum absolute atomic E-state index is 0.0629. The number of benzene rings is 2. The van der Waals surface area contributed by atoms with Crippen LogP contribution in [0.5, 0.6) is 0 Å². The van der Waals surface area contributed by atoms with Crippen LogP contribution in [-0.2, 0) is 6.54 Å². The van der Waals surface area contributed by atoms with E-state index in [1.165, 1.54) is 6.07 Å². The Morgan fingerprint density at radius 2 is 2.04 bits per heavy atom. The largest absolute Gasteiger partial charge is 0.377 e. The van der Waals surface area contributed by atoms with Gasteiger partial charge in [-0.3, -0.25) is 14.9 Å². The van der Waals surface area contributed by atoms with Crippen LogP contribution in [0.25, 0.3) is 0 Å². The van der Waals surface area contributed by atoms with Gasteiger partial charge in [-0.05, 0) is 36.6 Å². The van der Waals surface area contributed by atoms with Crippen LogP contribution < -0.4 is 5.32 Å². The highest BCUT2D eigenvalue weighted by Crippen LogP contribution is 2.32. The van der Waals surface area contributed by atoms with Crippen molar-refractivity contribution in [3.05, 3.63) is 68.2 Å². The summed E-state index contributed by atoms with van der Waals surface area (Å²) < 4.78 is 0.921. The van der Waals surface area contributed by atoms with Gasteiger partial charge < -0.3 is 10.2 Å². The summed E-state index contributed by atoms with van der Waals surface area (Å²) in [5.41, 5.74) is 1.69. The van der Waals surface area contributed by atoms with Crippen LogP contribution in [0.15, 0.2) is 46.9 Å². The standard InChI is InChI=1S/C18H18BrN3O3/c1-21(11-13-4-2-3-5-15(13)19)18(23)12-6-9-16(20-14-7-8-14)17(10-12)22(24)25/h2-6,9-10,14,20H,7-8,11H2,1H3. The third kappa shape index (κ3) is 4.17. The molecule has 1 aliphatic rings. The molecule has 130 valence electrons. The van der Waals surface area contributed by atoms with E-state index in [-0.39, 0.29) is 11.6 Å². The molecule has 0 spiro atoms. The molecule has 25 heavy (non-hydrogen) atoms. The Morgan fingerprint density at radius 3 is 2.68 bits per heavy atom. The zero-order chi connectivity index (χ0) is 18.0. The van der Waals surface area contributed by atoms with E-state index < -0.39 is 4.92 Å². The van der Waals surface area contributed by atoms with Crippen molar-refractivity contribution in [3.63, 3.8) is 0 Å². The van der Waals surface area contributed by atoms with Gasteiger partial charge in [-0.25, -0.2) is 0 Å². The van der Waals surface area contributed by atoms with Gasteiger partial charge in [0.05, 0.1) is 4.92 Å². The van der Waals surface area contributed by atoms with E-state index in [1.54, 1.807) is 24.1 Å². The molecule has 0 aromatic heterocycles. The van der Waals surface area contributed by atoms with Crippen LogP contribution in [0.2, 0.25) is 0 Å². The lowest BCUT2D eigenvalue weighted by Crippen LogP contribution is -2.26. The monoisotopic (exact) mass is 403 g/mol. The number of carbonyl (C=O) groups excluding carboxylic acids is 1. The lowest BCUT2D eigenvalue weighted by Gasteiger charge is -2.18. The fraction of sp³-hybridized carbons (Fsp3) is 0.278. The number of hydrogen-bond donors (Lipinski definition) is 1. The van der Waals surface area contributed by atoms with Crippen molar-refractivity contribution in [1.29, 1.82) is 0 Å². The van der Waals surface area contributed by atoms with E-state index in [0.29, 0.717) is 23.8 Å². The number of hydrogen-bond acceptors (Lipinski definition) is 4. The second-order valence-electron chi connectivity index (χ2n) is 6.16. The summed E-state index contributed by atoms with van der Waals surface area (Å²) in [6.45, 7) is 0.413.